The van der Waals surface area contributed by atoms with E-state index in [1.807, 2.05) is 49.0 Å². The maximum atomic E-state index is 5.96. The van der Waals surface area contributed by atoms with Crippen LogP contribution in [0.1, 0.15) is 27.7 Å². The molecule has 24 heavy (non-hydrogen) atoms. The number of nitrogens with zero attached hydrogens (tertiary/aromatic N) is 2. The second-order valence-electron chi connectivity index (χ2n) is 7.49. The lowest BCUT2D eigenvalue weighted by atomic mass is 9.94. The molecular formula is C17H21BN2O4. The van der Waals surface area contributed by atoms with Crippen molar-refractivity contribution in [2.45, 2.75) is 38.8 Å². The Labute approximate surface area is 142 Å². The Kier molecular flexibility index (Phi) is 3.23. The molecule has 0 bridgehead atoms. The molecule has 0 amide bonds. The molecule has 126 valence electrons. The van der Waals surface area contributed by atoms with E-state index in [0.717, 1.165) is 11.5 Å². The van der Waals surface area contributed by atoms with Crippen molar-refractivity contribution in [1.82, 2.24) is 4.81 Å². The zero-order valence-corrected chi connectivity index (χ0v) is 14.4. The van der Waals surface area contributed by atoms with Crippen molar-refractivity contribution in [2.75, 3.05) is 13.2 Å². The lowest BCUT2D eigenvalue weighted by Gasteiger charge is -2.30. The zero-order valence-electron chi connectivity index (χ0n) is 14.4. The third kappa shape index (κ3) is 2.58. The van der Waals surface area contributed by atoms with Crippen LogP contribution in [0.3, 0.4) is 0 Å². The number of para-hydroxylation sites is 2. The largest absolute Gasteiger partial charge is 0.741 e. The summed E-state index contributed by atoms with van der Waals surface area (Å²) in [6.45, 7) is 9.35. The van der Waals surface area contributed by atoms with E-state index >= 15 is 0 Å². The standard InChI is InChI=1S/C17H21BN2O4/c1-16(2)10-21-14(19-16)9-15-20(17(3,4)11-22-15)18-23-12-7-5-6-8-13(12)24-18/h5-9H,10-11H2,1-4H3/b15-9-. The third-order valence-corrected chi connectivity index (χ3v) is 4.21. The van der Waals surface area contributed by atoms with Gasteiger partial charge in [0.1, 0.15) is 24.7 Å². The van der Waals surface area contributed by atoms with E-state index < -0.39 is 7.25 Å². The average molecular weight is 328 g/mol. The number of hydrogen-bond acceptors (Lipinski definition) is 6. The molecule has 0 spiro atoms. The smallest absolute Gasteiger partial charge is 0.504 e. The molecule has 3 aliphatic heterocycles. The van der Waals surface area contributed by atoms with Crippen molar-refractivity contribution in [3.05, 3.63) is 36.2 Å². The first-order valence-electron chi connectivity index (χ1n) is 8.13. The maximum absolute atomic E-state index is 5.96. The Hall–Kier alpha value is -2.31. The van der Waals surface area contributed by atoms with E-state index in [1.54, 1.807) is 0 Å². The van der Waals surface area contributed by atoms with Gasteiger partial charge >= 0.3 is 7.25 Å². The van der Waals surface area contributed by atoms with E-state index in [2.05, 4.69) is 18.8 Å². The third-order valence-electron chi connectivity index (χ3n) is 4.21. The van der Waals surface area contributed by atoms with Gasteiger partial charge in [-0.25, -0.2) is 4.99 Å². The predicted molar refractivity (Wildman–Crippen MR) is 90.9 cm³/mol. The van der Waals surface area contributed by atoms with E-state index in [9.17, 15) is 0 Å². The minimum atomic E-state index is -0.568. The summed E-state index contributed by atoms with van der Waals surface area (Å²) >= 11 is 0. The van der Waals surface area contributed by atoms with Gasteiger partial charge in [-0.05, 0) is 39.8 Å². The van der Waals surface area contributed by atoms with Crippen LogP contribution in [-0.2, 0) is 9.47 Å². The molecule has 0 aromatic heterocycles. The topological polar surface area (TPSA) is 52.5 Å². The van der Waals surface area contributed by atoms with E-state index in [4.69, 9.17) is 18.8 Å². The van der Waals surface area contributed by atoms with Gasteiger partial charge in [0.05, 0.1) is 17.2 Å². The van der Waals surface area contributed by atoms with Crippen LogP contribution in [0.25, 0.3) is 0 Å². The zero-order chi connectivity index (χ0) is 16.9. The van der Waals surface area contributed by atoms with Gasteiger partial charge in [0, 0.05) is 0 Å². The SMILES string of the molecule is CC1(C)COC(/C=C2\OCC(C)(C)N2B2Oc3ccccc3O2)=N1. The normalized spacial score (nSPS) is 24.8. The van der Waals surface area contributed by atoms with Crippen molar-refractivity contribution in [3.8, 4) is 11.5 Å². The molecule has 6 nitrogen and oxygen atoms in total. The van der Waals surface area contributed by atoms with Crippen LogP contribution in [0.4, 0.5) is 0 Å². The summed E-state index contributed by atoms with van der Waals surface area (Å²) in [6, 6.07) is 7.65. The van der Waals surface area contributed by atoms with Gasteiger partial charge in [0.15, 0.2) is 5.88 Å². The number of fused-ring (bicyclic) bond motifs is 1. The Morgan fingerprint density at radius 1 is 1.04 bits per heavy atom. The lowest BCUT2D eigenvalue weighted by Crippen LogP contribution is -2.53. The van der Waals surface area contributed by atoms with Crippen molar-refractivity contribution >= 4 is 13.2 Å². The van der Waals surface area contributed by atoms with Crippen LogP contribution >= 0.6 is 0 Å². The summed E-state index contributed by atoms with van der Waals surface area (Å²) in [5, 5.41) is 0. The fourth-order valence-corrected chi connectivity index (χ4v) is 2.97. The van der Waals surface area contributed by atoms with Gasteiger partial charge in [-0.2, -0.15) is 0 Å². The number of benzene rings is 1. The lowest BCUT2D eigenvalue weighted by molar-refractivity contribution is 0.235. The molecule has 1 aromatic rings. The van der Waals surface area contributed by atoms with Crippen molar-refractivity contribution in [3.63, 3.8) is 0 Å². The molecule has 1 aromatic carbocycles. The van der Waals surface area contributed by atoms with Gasteiger partial charge in [-0.1, -0.05) is 12.1 Å². The van der Waals surface area contributed by atoms with Crippen LogP contribution in [0.2, 0.25) is 0 Å². The first-order valence-corrected chi connectivity index (χ1v) is 8.13. The van der Waals surface area contributed by atoms with Crippen LogP contribution < -0.4 is 9.31 Å². The quantitative estimate of drug-likeness (QED) is 0.781. The highest BCUT2D eigenvalue weighted by Gasteiger charge is 2.52. The summed E-state index contributed by atoms with van der Waals surface area (Å²) < 4.78 is 23.5. The summed E-state index contributed by atoms with van der Waals surface area (Å²) in [5.74, 6) is 2.70. The molecule has 0 N–H and O–H groups in total. The van der Waals surface area contributed by atoms with Crippen molar-refractivity contribution in [2.24, 2.45) is 4.99 Å². The van der Waals surface area contributed by atoms with Gasteiger partial charge in [0.2, 0.25) is 5.90 Å². The molecule has 1 fully saturated rings. The minimum absolute atomic E-state index is 0.206. The summed E-state index contributed by atoms with van der Waals surface area (Å²) in [6.07, 6.45) is 1.82. The molecule has 1 saturated heterocycles. The van der Waals surface area contributed by atoms with Crippen molar-refractivity contribution in [1.29, 1.82) is 0 Å². The molecular weight excluding hydrogens is 307 g/mol. The highest BCUT2D eigenvalue weighted by Crippen LogP contribution is 2.39. The van der Waals surface area contributed by atoms with Crippen molar-refractivity contribution < 1.29 is 18.8 Å². The molecule has 0 aliphatic carbocycles. The summed E-state index contributed by atoms with van der Waals surface area (Å²) in [7, 11) is -0.568. The predicted octanol–water partition coefficient (Wildman–Crippen LogP) is 2.60. The summed E-state index contributed by atoms with van der Waals surface area (Å²) in [4.78, 5) is 6.55. The molecule has 0 saturated carbocycles. The highest BCUT2D eigenvalue weighted by molar-refractivity contribution is 6.45. The van der Waals surface area contributed by atoms with Gasteiger partial charge in [-0.3, -0.25) is 0 Å². The Morgan fingerprint density at radius 3 is 2.29 bits per heavy atom. The average Bonchev–Trinajstić information content (AvgIpc) is 3.14. The van der Waals surface area contributed by atoms with Gasteiger partial charge in [0.25, 0.3) is 0 Å². The highest BCUT2D eigenvalue weighted by atomic mass is 16.7. The number of rotatable bonds is 2. The first kappa shape index (κ1) is 15.2. The van der Waals surface area contributed by atoms with Gasteiger partial charge in [-0.15, -0.1) is 0 Å². The number of aliphatic imine (C=N–C) groups is 1. The first-order chi connectivity index (χ1) is 11.3. The minimum Gasteiger partial charge on any atom is -0.504 e. The molecule has 4 rings (SSSR count). The monoisotopic (exact) mass is 328 g/mol. The Bertz CT molecular complexity index is 704. The van der Waals surface area contributed by atoms with Gasteiger partial charge < -0.3 is 23.6 Å². The van der Waals surface area contributed by atoms with Crippen LogP contribution in [0.15, 0.2) is 41.2 Å². The van der Waals surface area contributed by atoms with E-state index in [-0.39, 0.29) is 11.1 Å². The van der Waals surface area contributed by atoms with E-state index in [1.165, 1.54) is 0 Å². The second-order valence-corrected chi connectivity index (χ2v) is 7.49. The molecule has 3 heterocycles. The Balaban J connectivity index is 1.62. The molecule has 3 aliphatic rings. The fraction of sp³-hybridized carbons (Fsp3) is 0.471. The van der Waals surface area contributed by atoms with Crippen LogP contribution in [0.5, 0.6) is 11.5 Å². The fourth-order valence-electron chi connectivity index (χ4n) is 2.97. The molecule has 0 atom stereocenters. The number of hydrogen-bond donors (Lipinski definition) is 0. The Morgan fingerprint density at radius 2 is 1.71 bits per heavy atom. The molecule has 0 radical (unpaired) electrons. The van der Waals surface area contributed by atoms with Crippen LogP contribution in [-0.4, -0.2) is 42.3 Å². The molecule has 0 unspecified atom stereocenters. The second kappa shape index (κ2) is 5.09. The van der Waals surface area contributed by atoms with Crippen LogP contribution in [0, 0.1) is 0 Å². The summed E-state index contributed by atoms with van der Waals surface area (Å²) in [5.41, 5.74) is -0.477. The van der Waals surface area contributed by atoms with E-state index in [0.29, 0.717) is 25.0 Å². The molecule has 7 heteroatoms. The maximum Gasteiger partial charge on any atom is 0.741 e. The number of ether oxygens (including phenoxy) is 2.